The van der Waals surface area contributed by atoms with Crippen molar-refractivity contribution in [1.29, 1.82) is 0 Å². The third-order valence-corrected chi connectivity index (χ3v) is 6.19. The van der Waals surface area contributed by atoms with E-state index in [2.05, 4.69) is 36.5 Å². The summed E-state index contributed by atoms with van der Waals surface area (Å²) < 4.78 is 6.89. The first-order chi connectivity index (χ1) is 16.3. The minimum absolute atomic E-state index is 0.118. The van der Waals surface area contributed by atoms with E-state index in [1.165, 1.54) is 15.7 Å². The quantitative estimate of drug-likeness (QED) is 0.373. The first-order valence-electron chi connectivity index (χ1n) is 11.2. The van der Waals surface area contributed by atoms with E-state index in [1.807, 2.05) is 31.2 Å². The molecule has 1 N–H and O–H groups in total. The SMILES string of the molecule is COc1ccc2cc(CCc3ccc(C)cc3)c(=O)n(CC(=O)Nc3cc(Cl)ccc3C)c2c1. The summed E-state index contributed by atoms with van der Waals surface area (Å²) in [4.78, 5) is 26.5. The highest BCUT2D eigenvalue weighted by atomic mass is 35.5. The van der Waals surface area contributed by atoms with Gasteiger partial charge in [-0.15, -0.1) is 0 Å². The number of nitrogens with zero attached hydrogens (tertiary/aromatic N) is 1. The molecule has 6 heteroatoms. The zero-order chi connectivity index (χ0) is 24.2. The number of pyridine rings is 1. The Bertz CT molecular complexity index is 1410. The van der Waals surface area contributed by atoms with E-state index in [0.717, 1.165) is 17.4 Å². The molecule has 0 aliphatic heterocycles. The van der Waals surface area contributed by atoms with Crippen LogP contribution in [-0.2, 0) is 24.2 Å². The highest BCUT2D eigenvalue weighted by Crippen LogP contribution is 2.23. The van der Waals surface area contributed by atoms with Gasteiger partial charge in [0.25, 0.3) is 5.56 Å². The number of benzene rings is 3. The second kappa shape index (κ2) is 10.1. The van der Waals surface area contributed by atoms with Gasteiger partial charge in [-0.25, -0.2) is 0 Å². The van der Waals surface area contributed by atoms with Gasteiger partial charge in [0, 0.05) is 22.3 Å². The van der Waals surface area contributed by atoms with Gasteiger partial charge in [-0.3, -0.25) is 14.2 Å². The largest absolute Gasteiger partial charge is 0.497 e. The number of methoxy groups -OCH3 is 1. The van der Waals surface area contributed by atoms with Gasteiger partial charge in [0.2, 0.25) is 5.91 Å². The Morgan fingerprint density at radius 1 is 0.971 bits per heavy atom. The van der Waals surface area contributed by atoms with E-state index >= 15 is 0 Å². The van der Waals surface area contributed by atoms with Crippen LogP contribution in [0.15, 0.2) is 71.5 Å². The molecule has 0 bridgehead atoms. The molecule has 0 unspecified atom stereocenters. The predicted octanol–water partition coefficient (Wildman–Crippen LogP) is 5.70. The van der Waals surface area contributed by atoms with Crippen molar-refractivity contribution in [2.45, 2.75) is 33.2 Å². The number of aryl methyl sites for hydroxylation is 4. The minimum atomic E-state index is -0.299. The van der Waals surface area contributed by atoms with Crippen molar-refractivity contribution in [3.8, 4) is 5.75 Å². The van der Waals surface area contributed by atoms with Gasteiger partial charge in [-0.2, -0.15) is 0 Å². The topological polar surface area (TPSA) is 60.3 Å². The van der Waals surface area contributed by atoms with Crippen molar-refractivity contribution >= 4 is 34.1 Å². The lowest BCUT2D eigenvalue weighted by atomic mass is 10.0. The summed E-state index contributed by atoms with van der Waals surface area (Å²) in [5, 5.41) is 4.30. The standard InChI is InChI=1S/C28H27ClN2O3/c1-18-4-7-20(8-5-18)9-10-22-14-21-11-13-24(34-3)16-26(21)31(28(22)33)17-27(32)30-25-15-23(29)12-6-19(25)2/h4-8,11-16H,9-10,17H2,1-3H3,(H,30,32). The Hall–Kier alpha value is -3.57. The Morgan fingerprint density at radius 3 is 2.47 bits per heavy atom. The van der Waals surface area contributed by atoms with Crippen LogP contribution in [0.1, 0.15) is 22.3 Å². The summed E-state index contributed by atoms with van der Waals surface area (Å²) in [5.74, 6) is 0.325. The smallest absolute Gasteiger partial charge is 0.254 e. The van der Waals surface area contributed by atoms with E-state index in [1.54, 1.807) is 25.3 Å². The van der Waals surface area contributed by atoms with Gasteiger partial charge in [-0.05, 0) is 73.5 Å². The maximum Gasteiger partial charge on any atom is 0.254 e. The van der Waals surface area contributed by atoms with Gasteiger partial charge in [0.15, 0.2) is 0 Å². The summed E-state index contributed by atoms with van der Waals surface area (Å²) >= 11 is 6.09. The second-order valence-corrected chi connectivity index (χ2v) is 8.92. The first-order valence-corrected chi connectivity index (χ1v) is 11.5. The van der Waals surface area contributed by atoms with Gasteiger partial charge >= 0.3 is 0 Å². The molecule has 4 rings (SSSR count). The zero-order valence-corrected chi connectivity index (χ0v) is 20.3. The average molecular weight is 475 g/mol. The number of anilines is 1. The normalized spacial score (nSPS) is 10.9. The number of nitrogens with one attached hydrogen (secondary N) is 1. The highest BCUT2D eigenvalue weighted by molar-refractivity contribution is 6.31. The van der Waals surface area contributed by atoms with Gasteiger partial charge < -0.3 is 10.1 Å². The first kappa shape index (κ1) is 23.6. The van der Waals surface area contributed by atoms with E-state index in [-0.39, 0.29) is 18.0 Å². The molecule has 0 spiro atoms. The molecule has 174 valence electrons. The number of ether oxygens (including phenoxy) is 1. The van der Waals surface area contributed by atoms with Gasteiger partial charge in [0.05, 0.1) is 12.6 Å². The molecule has 0 atom stereocenters. The van der Waals surface area contributed by atoms with Crippen LogP contribution in [0.4, 0.5) is 5.69 Å². The molecule has 0 saturated carbocycles. The predicted molar refractivity (Wildman–Crippen MR) is 138 cm³/mol. The Kier molecular flexibility index (Phi) is 7.03. The molecule has 1 heterocycles. The molecular formula is C28H27ClN2O3. The number of carbonyl (C=O) groups is 1. The monoisotopic (exact) mass is 474 g/mol. The number of aromatic nitrogens is 1. The third kappa shape index (κ3) is 5.32. The van der Waals surface area contributed by atoms with Crippen molar-refractivity contribution in [1.82, 2.24) is 4.57 Å². The fraction of sp³-hybridized carbons (Fsp3) is 0.214. The fourth-order valence-corrected chi connectivity index (χ4v) is 4.14. The lowest BCUT2D eigenvalue weighted by Gasteiger charge is -2.15. The molecule has 0 aliphatic rings. The number of fused-ring (bicyclic) bond motifs is 1. The summed E-state index contributed by atoms with van der Waals surface area (Å²) in [6.07, 6.45) is 1.32. The van der Waals surface area contributed by atoms with Gasteiger partial charge in [0.1, 0.15) is 12.3 Å². The van der Waals surface area contributed by atoms with Crippen LogP contribution in [0.5, 0.6) is 5.75 Å². The molecule has 4 aromatic rings. The number of hydrogen-bond donors (Lipinski definition) is 1. The number of hydrogen-bond acceptors (Lipinski definition) is 3. The zero-order valence-electron chi connectivity index (χ0n) is 19.5. The molecule has 0 fully saturated rings. The summed E-state index contributed by atoms with van der Waals surface area (Å²) in [7, 11) is 1.58. The number of carbonyl (C=O) groups excluding carboxylic acids is 1. The Labute approximate surface area is 204 Å². The highest BCUT2D eigenvalue weighted by Gasteiger charge is 2.14. The number of rotatable bonds is 7. The van der Waals surface area contributed by atoms with Crippen molar-refractivity contribution in [3.05, 3.63) is 104 Å². The minimum Gasteiger partial charge on any atom is -0.497 e. The van der Waals surface area contributed by atoms with Crippen LogP contribution < -0.4 is 15.6 Å². The van der Waals surface area contributed by atoms with Crippen LogP contribution in [0.25, 0.3) is 10.9 Å². The summed E-state index contributed by atoms with van der Waals surface area (Å²) in [6, 6.07) is 21.1. The molecule has 1 aromatic heterocycles. The molecule has 1 amide bonds. The fourth-order valence-electron chi connectivity index (χ4n) is 3.97. The number of halogens is 1. The summed E-state index contributed by atoms with van der Waals surface area (Å²) in [5.41, 5.74) is 5.04. The third-order valence-electron chi connectivity index (χ3n) is 5.96. The molecule has 0 saturated heterocycles. The molecule has 5 nitrogen and oxygen atoms in total. The molecule has 3 aromatic carbocycles. The van der Waals surface area contributed by atoms with Gasteiger partial charge in [-0.1, -0.05) is 47.5 Å². The van der Waals surface area contributed by atoms with Crippen molar-refractivity contribution in [3.63, 3.8) is 0 Å². The maximum absolute atomic E-state index is 13.5. The van der Waals surface area contributed by atoms with Crippen LogP contribution in [-0.4, -0.2) is 17.6 Å². The second-order valence-electron chi connectivity index (χ2n) is 8.48. The van der Waals surface area contributed by atoms with Crippen LogP contribution in [0.2, 0.25) is 5.02 Å². The molecule has 0 aliphatic carbocycles. The van der Waals surface area contributed by atoms with E-state index < -0.39 is 0 Å². The van der Waals surface area contributed by atoms with Crippen molar-refractivity contribution in [2.24, 2.45) is 0 Å². The Morgan fingerprint density at radius 2 is 1.74 bits per heavy atom. The average Bonchev–Trinajstić information content (AvgIpc) is 2.83. The van der Waals surface area contributed by atoms with Crippen LogP contribution >= 0.6 is 11.6 Å². The Balaban J connectivity index is 1.68. The number of amides is 1. The van der Waals surface area contributed by atoms with Crippen LogP contribution in [0, 0.1) is 13.8 Å². The lowest BCUT2D eigenvalue weighted by Crippen LogP contribution is -2.30. The van der Waals surface area contributed by atoms with E-state index in [0.29, 0.717) is 34.0 Å². The van der Waals surface area contributed by atoms with E-state index in [9.17, 15) is 9.59 Å². The van der Waals surface area contributed by atoms with Crippen molar-refractivity contribution < 1.29 is 9.53 Å². The maximum atomic E-state index is 13.5. The van der Waals surface area contributed by atoms with Crippen LogP contribution in [0.3, 0.4) is 0 Å². The molecule has 0 radical (unpaired) electrons. The van der Waals surface area contributed by atoms with E-state index in [4.69, 9.17) is 16.3 Å². The van der Waals surface area contributed by atoms with Crippen molar-refractivity contribution in [2.75, 3.05) is 12.4 Å². The molecule has 34 heavy (non-hydrogen) atoms. The molecular weight excluding hydrogens is 448 g/mol. The lowest BCUT2D eigenvalue weighted by molar-refractivity contribution is -0.116. The summed E-state index contributed by atoms with van der Waals surface area (Å²) in [6.45, 7) is 3.83.